The number of carbonyl (C=O) groups excluding carboxylic acids is 1. The molecule has 2 heterocycles. The summed E-state index contributed by atoms with van der Waals surface area (Å²) in [4.78, 5) is 12.4. The Morgan fingerprint density at radius 1 is 1.56 bits per heavy atom. The van der Waals surface area contributed by atoms with E-state index in [0.29, 0.717) is 5.56 Å². The van der Waals surface area contributed by atoms with Crippen molar-refractivity contribution in [3.8, 4) is 0 Å². The van der Waals surface area contributed by atoms with Crippen LogP contribution in [0.4, 0.5) is 23.8 Å². The fourth-order valence-corrected chi connectivity index (χ4v) is 1.64. The number of rotatable bonds is 2. The molecule has 1 aliphatic rings. The topological polar surface area (TPSA) is 84.1 Å². The molecule has 0 spiro atoms. The molecule has 1 aromatic heterocycles. The molecule has 0 saturated carbocycles. The molecule has 1 atom stereocenters. The maximum atomic E-state index is 12.4. The summed E-state index contributed by atoms with van der Waals surface area (Å²) >= 11 is 0. The van der Waals surface area contributed by atoms with Crippen LogP contribution in [0.3, 0.4) is 0 Å². The number of nitrogens with one attached hydrogen (secondary N) is 1. The first-order valence-corrected chi connectivity index (χ1v) is 5.05. The van der Waals surface area contributed by atoms with E-state index in [4.69, 9.17) is 5.73 Å². The number of nitrogens with zero attached hydrogens (tertiary/aromatic N) is 3. The SMILES string of the molecule is Nc1cc(CN2C[C@@H](C(F)(F)F)NC2=O)cnn1. The van der Waals surface area contributed by atoms with Crippen LogP contribution in [0, 0.1) is 0 Å². The van der Waals surface area contributed by atoms with Gasteiger partial charge in [0.25, 0.3) is 0 Å². The van der Waals surface area contributed by atoms with Crippen LogP contribution in [-0.4, -0.2) is 39.9 Å². The van der Waals surface area contributed by atoms with Crippen molar-refractivity contribution < 1.29 is 18.0 Å². The van der Waals surface area contributed by atoms with Gasteiger partial charge in [0.05, 0.1) is 12.7 Å². The van der Waals surface area contributed by atoms with Gasteiger partial charge in [-0.15, -0.1) is 5.10 Å². The summed E-state index contributed by atoms with van der Waals surface area (Å²) in [6, 6.07) is -1.13. The number of carbonyl (C=O) groups is 1. The van der Waals surface area contributed by atoms with Gasteiger partial charge in [-0.05, 0) is 11.6 Å². The molecular weight excluding hydrogens is 251 g/mol. The van der Waals surface area contributed by atoms with E-state index in [0.717, 1.165) is 4.90 Å². The molecule has 6 nitrogen and oxygen atoms in total. The zero-order chi connectivity index (χ0) is 13.3. The van der Waals surface area contributed by atoms with Gasteiger partial charge >= 0.3 is 12.2 Å². The van der Waals surface area contributed by atoms with Crippen LogP contribution in [0.5, 0.6) is 0 Å². The number of aromatic nitrogens is 2. The summed E-state index contributed by atoms with van der Waals surface area (Å²) < 4.78 is 37.3. The molecule has 2 rings (SSSR count). The van der Waals surface area contributed by atoms with Gasteiger partial charge in [0, 0.05) is 6.54 Å². The minimum absolute atomic E-state index is 0.0120. The largest absolute Gasteiger partial charge is 0.410 e. The molecule has 9 heteroatoms. The lowest BCUT2D eigenvalue weighted by molar-refractivity contribution is -0.149. The highest BCUT2D eigenvalue weighted by Crippen LogP contribution is 2.25. The van der Waals surface area contributed by atoms with Crippen molar-refractivity contribution in [1.29, 1.82) is 0 Å². The third-order valence-electron chi connectivity index (χ3n) is 2.49. The van der Waals surface area contributed by atoms with Gasteiger partial charge in [0.1, 0.15) is 11.9 Å². The number of alkyl halides is 3. The molecule has 3 N–H and O–H groups in total. The van der Waals surface area contributed by atoms with Crippen molar-refractivity contribution in [3.63, 3.8) is 0 Å². The van der Waals surface area contributed by atoms with E-state index < -0.39 is 24.8 Å². The van der Waals surface area contributed by atoms with Crippen molar-refractivity contribution in [3.05, 3.63) is 17.8 Å². The number of hydrogen-bond donors (Lipinski definition) is 2. The number of anilines is 1. The van der Waals surface area contributed by atoms with E-state index in [2.05, 4.69) is 10.2 Å². The van der Waals surface area contributed by atoms with Crippen molar-refractivity contribution in [2.24, 2.45) is 0 Å². The Hall–Kier alpha value is -2.06. The molecule has 1 aliphatic heterocycles. The highest BCUT2D eigenvalue weighted by atomic mass is 19.4. The second-order valence-corrected chi connectivity index (χ2v) is 3.91. The molecular formula is C9H10F3N5O. The molecule has 1 aromatic rings. The Labute approximate surface area is 100.0 Å². The quantitative estimate of drug-likeness (QED) is 0.812. The summed E-state index contributed by atoms with van der Waals surface area (Å²) in [5, 5.41) is 8.95. The average Bonchev–Trinajstić information content (AvgIpc) is 2.60. The van der Waals surface area contributed by atoms with E-state index in [1.165, 1.54) is 12.3 Å². The van der Waals surface area contributed by atoms with Crippen LogP contribution in [0.1, 0.15) is 5.56 Å². The maximum absolute atomic E-state index is 12.4. The molecule has 18 heavy (non-hydrogen) atoms. The number of amides is 2. The second-order valence-electron chi connectivity index (χ2n) is 3.91. The van der Waals surface area contributed by atoms with Crippen molar-refractivity contribution >= 4 is 11.8 Å². The molecule has 1 fully saturated rings. The lowest BCUT2D eigenvalue weighted by atomic mass is 10.2. The number of hydrogen-bond acceptors (Lipinski definition) is 4. The van der Waals surface area contributed by atoms with Crippen LogP contribution in [0.2, 0.25) is 0 Å². The first kappa shape index (κ1) is 12.4. The van der Waals surface area contributed by atoms with Gasteiger partial charge in [-0.25, -0.2) is 4.79 Å². The number of nitrogen functional groups attached to an aromatic ring is 1. The first-order chi connectivity index (χ1) is 8.36. The zero-order valence-corrected chi connectivity index (χ0v) is 9.11. The van der Waals surface area contributed by atoms with Gasteiger partial charge in [0.15, 0.2) is 0 Å². The third kappa shape index (κ3) is 2.60. The Morgan fingerprint density at radius 2 is 2.28 bits per heavy atom. The predicted molar refractivity (Wildman–Crippen MR) is 55.2 cm³/mol. The first-order valence-electron chi connectivity index (χ1n) is 5.05. The van der Waals surface area contributed by atoms with E-state index in [1.54, 1.807) is 0 Å². The lowest BCUT2D eigenvalue weighted by Gasteiger charge is -2.15. The predicted octanol–water partition coefficient (Wildman–Crippen LogP) is 0.515. The zero-order valence-electron chi connectivity index (χ0n) is 9.11. The average molecular weight is 261 g/mol. The Kier molecular flexibility index (Phi) is 2.97. The third-order valence-corrected chi connectivity index (χ3v) is 2.49. The van der Waals surface area contributed by atoms with Crippen molar-refractivity contribution in [1.82, 2.24) is 20.4 Å². The molecule has 0 unspecified atom stereocenters. The van der Waals surface area contributed by atoms with Crippen LogP contribution in [-0.2, 0) is 6.54 Å². The van der Waals surface area contributed by atoms with E-state index in [1.807, 2.05) is 5.32 Å². The second kappa shape index (κ2) is 4.31. The van der Waals surface area contributed by atoms with Gasteiger partial charge in [0.2, 0.25) is 0 Å². The highest BCUT2D eigenvalue weighted by molar-refractivity contribution is 5.77. The summed E-state index contributed by atoms with van der Waals surface area (Å²) in [5.74, 6) is 0.152. The molecule has 98 valence electrons. The summed E-state index contributed by atoms with van der Waals surface area (Å²) in [7, 11) is 0. The van der Waals surface area contributed by atoms with Gasteiger partial charge in [-0.2, -0.15) is 18.3 Å². The Bertz CT molecular complexity index is 464. The van der Waals surface area contributed by atoms with Gasteiger partial charge < -0.3 is 16.0 Å². The van der Waals surface area contributed by atoms with Crippen molar-refractivity contribution in [2.75, 3.05) is 12.3 Å². The minimum atomic E-state index is -4.44. The smallest absolute Gasteiger partial charge is 0.382 e. The monoisotopic (exact) mass is 261 g/mol. The maximum Gasteiger partial charge on any atom is 0.410 e. The molecule has 1 saturated heterocycles. The molecule has 0 radical (unpaired) electrons. The van der Waals surface area contributed by atoms with E-state index in [9.17, 15) is 18.0 Å². The fourth-order valence-electron chi connectivity index (χ4n) is 1.64. The highest BCUT2D eigenvalue weighted by Gasteiger charge is 2.46. The Balaban J connectivity index is 2.05. The summed E-state index contributed by atoms with van der Waals surface area (Å²) in [5.41, 5.74) is 5.92. The normalized spacial score (nSPS) is 20.1. The standard InChI is InChI=1S/C9H10F3N5O/c10-9(11,12)6-4-17(8(18)15-6)3-5-1-7(13)16-14-2-5/h1-2,6H,3-4H2,(H2,13,16)(H,15,18)/t6-/m0/s1. The summed E-state index contributed by atoms with van der Waals surface area (Å²) in [6.45, 7) is -0.414. The van der Waals surface area contributed by atoms with Gasteiger partial charge in [-0.1, -0.05) is 0 Å². The molecule has 0 aromatic carbocycles. The van der Waals surface area contributed by atoms with Crippen LogP contribution >= 0.6 is 0 Å². The number of nitrogens with two attached hydrogens (primary N) is 1. The minimum Gasteiger partial charge on any atom is -0.382 e. The summed E-state index contributed by atoms with van der Waals surface area (Å²) in [6.07, 6.45) is -3.09. The molecule has 2 amide bonds. The van der Waals surface area contributed by atoms with Crippen LogP contribution in [0.15, 0.2) is 12.3 Å². The molecule has 0 bridgehead atoms. The van der Waals surface area contributed by atoms with Gasteiger partial charge in [-0.3, -0.25) is 0 Å². The van der Waals surface area contributed by atoms with E-state index >= 15 is 0 Å². The fraction of sp³-hybridized carbons (Fsp3) is 0.444. The Morgan fingerprint density at radius 3 is 2.83 bits per heavy atom. The lowest BCUT2D eigenvalue weighted by Crippen LogP contribution is -2.40. The number of halogens is 3. The number of urea groups is 1. The van der Waals surface area contributed by atoms with Crippen molar-refractivity contribution in [2.45, 2.75) is 18.8 Å². The van der Waals surface area contributed by atoms with Crippen LogP contribution in [0.25, 0.3) is 0 Å². The molecule has 0 aliphatic carbocycles. The van der Waals surface area contributed by atoms with E-state index in [-0.39, 0.29) is 12.4 Å². The van der Waals surface area contributed by atoms with Crippen LogP contribution < -0.4 is 11.1 Å².